The number of rotatable bonds is 4. The van der Waals surface area contributed by atoms with Crippen LogP contribution in [0.2, 0.25) is 0 Å². The Morgan fingerprint density at radius 2 is 2.00 bits per heavy atom. The molecule has 1 aromatic rings. The number of nitrogens with zero attached hydrogens (tertiary/aromatic N) is 2. The maximum atomic E-state index is 13.3. The van der Waals surface area contributed by atoms with Crippen molar-refractivity contribution in [2.24, 2.45) is 5.92 Å². The van der Waals surface area contributed by atoms with Crippen molar-refractivity contribution in [3.05, 3.63) is 24.3 Å². The van der Waals surface area contributed by atoms with E-state index in [1.807, 2.05) is 36.2 Å². The van der Waals surface area contributed by atoms with Crippen molar-refractivity contribution in [1.82, 2.24) is 4.90 Å². The molecule has 1 aliphatic heterocycles. The minimum Gasteiger partial charge on any atom is -0.322 e. The Morgan fingerprint density at radius 3 is 2.68 bits per heavy atom. The molecule has 0 aromatic heterocycles. The van der Waals surface area contributed by atoms with E-state index < -0.39 is 5.54 Å². The third kappa shape index (κ3) is 2.74. The van der Waals surface area contributed by atoms with Crippen LogP contribution in [0.15, 0.2) is 24.3 Å². The summed E-state index contributed by atoms with van der Waals surface area (Å²) in [6.07, 6.45) is 6.01. The lowest BCUT2D eigenvalue weighted by Gasteiger charge is -2.45. The first-order valence-corrected chi connectivity index (χ1v) is 9.47. The van der Waals surface area contributed by atoms with Gasteiger partial charge in [0.1, 0.15) is 5.54 Å². The van der Waals surface area contributed by atoms with Crippen molar-refractivity contribution in [2.45, 2.75) is 57.0 Å². The number of carbonyl (C=O) groups excluding carboxylic acids is 2. The number of likely N-dealkylation sites (N-methyl/N-ethyl adjacent to an activating group) is 1. The van der Waals surface area contributed by atoms with Crippen LogP contribution >= 0.6 is 0 Å². The zero-order valence-electron chi connectivity index (χ0n) is 15.1. The molecule has 0 radical (unpaired) electrons. The highest BCUT2D eigenvalue weighted by atomic mass is 16.2. The molecule has 5 heteroatoms. The van der Waals surface area contributed by atoms with Crippen molar-refractivity contribution >= 4 is 23.2 Å². The molecule has 1 N–H and O–H groups in total. The van der Waals surface area contributed by atoms with Gasteiger partial charge in [-0.1, -0.05) is 25.0 Å². The topological polar surface area (TPSA) is 52.7 Å². The van der Waals surface area contributed by atoms with Gasteiger partial charge in [0.2, 0.25) is 5.91 Å². The number of amides is 2. The van der Waals surface area contributed by atoms with E-state index in [1.165, 1.54) is 12.8 Å². The zero-order valence-corrected chi connectivity index (χ0v) is 15.1. The lowest BCUT2D eigenvalue weighted by molar-refractivity contribution is -0.128. The molecule has 4 rings (SSSR count). The molecular formula is C20H27N3O2. The lowest BCUT2D eigenvalue weighted by Crippen LogP contribution is -2.62. The van der Waals surface area contributed by atoms with Crippen LogP contribution in [0.5, 0.6) is 0 Å². The monoisotopic (exact) mass is 341 g/mol. The third-order valence-electron chi connectivity index (χ3n) is 6.31. The van der Waals surface area contributed by atoms with E-state index >= 15 is 0 Å². The summed E-state index contributed by atoms with van der Waals surface area (Å²) in [6, 6.07) is 8.09. The van der Waals surface area contributed by atoms with Gasteiger partial charge in [-0.15, -0.1) is 0 Å². The summed E-state index contributed by atoms with van der Waals surface area (Å²) < 4.78 is 0. The van der Waals surface area contributed by atoms with E-state index in [0.717, 1.165) is 43.0 Å². The van der Waals surface area contributed by atoms with Gasteiger partial charge in [-0.2, -0.15) is 0 Å². The van der Waals surface area contributed by atoms with Gasteiger partial charge in [-0.05, 0) is 57.7 Å². The second-order valence-corrected chi connectivity index (χ2v) is 7.93. The van der Waals surface area contributed by atoms with E-state index in [9.17, 15) is 9.59 Å². The van der Waals surface area contributed by atoms with Crippen molar-refractivity contribution in [3.63, 3.8) is 0 Å². The summed E-state index contributed by atoms with van der Waals surface area (Å²) in [7, 11) is 2.03. The average molecular weight is 341 g/mol. The molecule has 2 saturated carbocycles. The number of carbonyl (C=O) groups is 2. The predicted octanol–water partition coefficient (Wildman–Crippen LogP) is 3.01. The zero-order chi connectivity index (χ0) is 17.6. The highest BCUT2D eigenvalue weighted by Gasteiger charge is 2.52. The molecule has 2 aliphatic carbocycles. The van der Waals surface area contributed by atoms with E-state index in [4.69, 9.17) is 0 Å². The van der Waals surface area contributed by atoms with Gasteiger partial charge < -0.3 is 5.32 Å². The van der Waals surface area contributed by atoms with Crippen LogP contribution in [-0.4, -0.2) is 41.9 Å². The lowest BCUT2D eigenvalue weighted by atomic mass is 9.89. The van der Waals surface area contributed by atoms with Gasteiger partial charge in [0.05, 0.1) is 17.9 Å². The minimum atomic E-state index is -0.699. The van der Waals surface area contributed by atoms with Crippen molar-refractivity contribution in [2.75, 3.05) is 23.8 Å². The number of nitrogens with one attached hydrogen (secondary N) is 1. The van der Waals surface area contributed by atoms with Gasteiger partial charge >= 0.3 is 0 Å². The second-order valence-electron chi connectivity index (χ2n) is 7.93. The summed E-state index contributed by atoms with van der Waals surface area (Å²) >= 11 is 0. The molecule has 1 spiro atoms. The SMILES string of the molecule is C[C@H](C1CC1)N(C)CC(=O)N1c2ccccc2NC(=O)C12CCCC2. The van der Waals surface area contributed by atoms with Gasteiger partial charge in [0, 0.05) is 6.04 Å². The van der Waals surface area contributed by atoms with E-state index in [0.29, 0.717) is 12.6 Å². The standard InChI is InChI=1S/C20H27N3O2/c1-14(15-9-10-15)22(2)13-18(24)23-17-8-4-3-7-16(17)21-19(25)20(23)11-5-6-12-20/h3-4,7-8,14-15H,5-6,9-13H2,1-2H3,(H,21,25)/t14-/m1/s1. The van der Waals surface area contributed by atoms with E-state index in [2.05, 4.69) is 17.1 Å². The van der Waals surface area contributed by atoms with Gasteiger partial charge in [0.25, 0.3) is 5.91 Å². The smallest absolute Gasteiger partial charge is 0.250 e. The quantitative estimate of drug-likeness (QED) is 0.916. The molecule has 2 amide bonds. The molecule has 1 aromatic carbocycles. The first-order chi connectivity index (χ1) is 12.0. The molecule has 2 fully saturated rings. The molecule has 134 valence electrons. The molecular weight excluding hydrogens is 314 g/mol. The van der Waals surface area contributed by atoms with Gasteiger partial charge in [-0.25, -0.2) is 0 Å². The first-order valence-electron chi connectivity index (χ1n) is 9.47. The molecule has 0 unspecified atom stereocenters. The van der Waals surface area contributed by atoms with Crippen molar-refractivity contribution in [1.29, 1.82) is 0 Å². The van der Waals surface area contributed by atoms with Gasteiger partial charge in [-0.3, -0.25) is 19.4 Å². The third-order valence-corrected chi connectivity index (χ3v) is 6.31. The predicted molar refractivity (Wildman–Crippen MR) is 98.6 cm³/mol. The van der Waals surface area contributed by atoms with Crippen LogP contribution in [0.25, 0.3) is 0 Å². The highest BCUT2D eigenvalue weighted by Crippen LogP contribution is 2.45. The van der Waals surface area contributed by atoms with Crippen molar-refractivity contribution < 1.29 is 9.59 Å². The maximum Gasteiger partial charge on any atom is 0.250 e. The number of para-hydroxylation sites is 2. The number of fused-ring (bicyclic) bond motifs is 1. The molecule has 0 bridgehead atoms. The molecule has 1 heterocycles. The van der Waals surface area contributed by atoms with E-state index in [1.54, 1.807) is 0 Å². The molecule has 3 aliphatic rings. The van der Waals surface area contributed by atoms with Crippen LogP contribution in [0.4, 0.5) is 11.4 Å². The summed E-state index contributed by atoms with van der Waals surface area (Å²) in [4.78, 5) is 30.2. The Morgan fingerprint density at radius 1 is 1.32 bits per heavy atom. The Balaban J connectivity index is 1.66. The summed E-state index contributed by atoms with van der Waals surface area (Å²) in [5.74, 6) is 0.740. The largest absolute Gasteiger partial charge is 0.322 e. The molecule has 0 saturated heterocycles. The fraction of sp³-hybridized carbons (Fsp3) is 0.600. The van der Waals surface area contributed by atoms with Gasteiger partial charge in [0.15, 0.2) is 0 Å². The fourth-order valence-corrected chi connectivity index (χ4v) is 4.50. The average Bonchev–Trinajstić information content (AvgIpc) is 3.34. The molecule has 5 nitrogen and oxygen atoms in total. The van der Waals surface area contributed by atoms with Crippen LogP contribution in [0.3, 0.4) is 0 Å². The first kappa shape index (κ1) is 16.6. The fourth-order valence-electron chi connectivity index (χ4n) is 4.50. The van der Waals surface area contributed by atoms with Crippen LogP contribution in [-0.2, 0) is 9.59 Å². The second kappa shape index (κ2) is 6.13. The van der Waals surface area contributed by atoms with Crippen molar-refractivity contribution in [3.8, 4) is 0 Å². The molecule has 1 atom stereocenters. The van der Waals surface area contributed by atoms with Crippen LogP contribution < -0.4 is 10.2 Å². The number of hydrogen-bond donors (Lipinski definition) is 1. The Hall–Kier alpha value is -1.88. The maximum absolute atomic E-state index is 13.3. The highest BCUT2D eigenvalue weighted by molar-refractivity contribution is 6.15. The van der Waals surface area contributed by atoms with E-state index in [-0.39, 0.29) is 11.8 Å². The summed E-state index contributed by atoms with van der Waals surface area (Å²) in [6.45, 7) is 2.56. The minimum absolute atomic E-state index is 0.0186. The summed E-state index contributed by atoms with van der Waals surface area (Å²) in [5, 5.41) is 3.04. The Kier molecular flexibility index (Phi) is 4.07. The number of anilines is 2. The Labute approximate surface area is 149 Å². The van der Waals surface area contributed by atoms with Crippen LogP contribution in [0.1, 0.15) is 45.4 Å². The summed E-state index contributed by atoms with van der Waals surface area (Å²) in [5.41, 5.74) is 0.896. The number of hydrogen-bond acceptors (Lipinski definition) is 3. The molecule has 25 heavy (non-hydrogen) atoms. The normalized spacial score (nSPS) is 22.8. The van der Waals surface area contributed by atoms with Crippen LogP contribution in [0, 0.1) is 5.92 Å². The number of benzene rings is 1. The Bertz CT molecular complexity index is 692.